The summed E-state index contributed by atoms with van der Waals surface area (Å²) >= 11 is 1.41. The maximum absolute atomic E-state index is 12.2. The number of carbonyl (C=O) groups excluding carboxylic acids is 5. The fourth-order valence-corrected chi connectivity index (χ4v) is 3.65. The molecule has 0 bridgehead atoms. The molecule has 0 aromatic heterocycles. The van der Waals surface area contributed by atoms with E-state index in [4.69, 9.17) is 5.11 Å². The predicted molar refractivity (Wildman–Crippen MR) is 100 cm³/mol. The summed E-state index contributed by atoms with van der Waals surface area (Å²) in [7, 11) is 0. The molecule has 156 valence electrons. The lowest BCUT2D eigenvalue weighted by Crippen LogP contribution is -2.43. The molecule has 28 heavy (non-hydrogen) atoms. The van der Waals surface area contributed by atoms with Crippen LogP contribution >= 0.6 is 11.8 Å². The van der Waals surface area contributed by atoms with E-state index in [1.54, 1.807) is 0 Å². The number of nitrogens with zero attached hydrogens (tertiary/aromatic N) is 1. The monoisotopic (exact) mass is 415 g/mol. The number of rotatable bonds is 12. The van der Waals surface area contributed by atoms with E-state index in [0.717, 1.165) is 4.90 Å². The number of likely N-dealkylation sites (tertiary alicyclic amines) is 1. The Bertz CT molecular complexity index is 638. The number of carbonyl (C=O) groups is 6. The van der Waals surface area contributed by atoms with Crippen LogP contribution in [0.25, 0.3) is 0 Å². The van der Waals surface area contributed by atoms with Crippen molar-refractivity contribution < 1.29 is 33.9 Å². The molecule has 0 aromatic carbocycles. The molecule has 11 heteroatoms. The number of nitrogens with one attached hydrogen (secondary N) is 2. The quantitative estimate of drug-likeness (QED) is 0.280. The third-order valence-corrected chi connectivity index (χ3v) is 5.07. The number of amides is 4. The third kappa shape index (κ3) is 8.07. The van der Waals surface area contributed by atoms with Gasteiger partial charge in [0.25, 0.3) is 0 Å². The molecule has 1 saturated heterocycles. The number of hydrogen-bond acceptors (Lipinski definition) is 7. The molecule has 1 heterocycles. The predicted octanol–water partition coefficient (Wildman–Crippen LogP) is -0.690. The number of aliphatic carboxylic acids is 1. The van der Waals surface area contributed by atoms with Crippen LogP contribution in [0.4, 0.5) is 0 Å². The minimum Gasteiger partial charge on any atom is -0.481 e. The Kier molecular flexibility index (Phi) is 9.63. The first kappa shape index (κ1) is 23.6. The summed E-state index contributed by atoms with van der Waals surface area (Å²) in [6.45, 7) is 3.40. The van der Waals surface area contributed by atoms with E-state index < -0.39 is 35.6 Å². The summed E-state index contributed by atoms with van der Waals surface area (Å²) in [6.07, 6.45) is 0.0885. The van der Waals surface area contributed by atoms with Crippen molar-refractivity contribution in [3.8, 4) is 0 Å². The smallest absolute Gasteiger partial charge is 0.303 e. The summed E-state index contributed by atoms with van der Waals surface area (Å²) in [4.78, 5) is 70.1. The van der Waals surface area contributed by atoms with Gasteiger partial charge in [0.05, 0.1) is 17.8 Å². The highest BCUT2D eigenvalue weighted by atomic mass is 32.2. The molecule has 0 radical (unpaired) electrons. The lowest BCUT2D eigenvalue weighted by molar-refractivity contribution is -0.139. The molecule has 4 amide bonds. The number of thioether (sulfide) groups is 1. The second kappa shape index (κ2) is 11.4. The Morgan fingerprint density at radius 2 is 1.93 bits per heavy atom. The Hall–Kier alpha value is -2.43. The molecule has 0 aliphatic carbocycles. The van der Waals surface area contributed by atoms with Crippen LogP contribution in [0.2, 0.25) is 0 Å². The summed E-state index contributed by atoms with van der Waals surface area (Å²) in [5.74, 6) is -2.88. The molecule has 0 saturated carbocycles. The maximum Gasteiger partial charge on any atom is 0.303 e. The van der Waals surface area contributed by atoms with Gasteiger partial charge in [-0.15, -0.1) is 11.8 Å². The van der Waals surface area contributed by atoms with Gasteiger partial charge in [-0.05, 0) is 11.7 Å². The average Bonchev–Trinajstić information content (AvgIpc) is 2.87. The van der Waals surface area contributed by atoms with Crippen LogP contribution in [0.5, 0.6) is 0 Å². The van der Waals surface area contributed by atoms with E-state index in [9.17, 15) is 28.8 Å². The van der Waals surface area contributed by atoms with Crippen LogP contribution in [0.1, 0.15) is 39.5 Å². The van der Waals surface area contributed by atoms with Crippen LogP contribution < -0.4 is 10.6 Å². The van der Waals surface area contributed by atoms with E-state index in [1.165, 1.54) is 11.8 Å². The van der Waals surface area contributed by atoms with Crippen LogP contribution in [0.15, 0.2) is 0 Å². The summed E-state index contributed by atoms with van der Waals surface area (Å²) in [6, 6.07) is -0.948. The van der Waals surface area contributed by atoms with Crippen molar-refractivity contribution in [2.24, 2.45) is 0 Å². The highest BCUT2D eigenvalue weighted by Crippen LogP contribution is 2.28. The lowest BCUT2D eigenvalue weighted by atomic mass is 10.2. The SMILES string of the molecule is CC(C)SC1CC(=O)N(CCC(=O)NCC(=O)N[C@H](C=O)CCC(=O)O)C1=O. The zero-order chi connectivity index (χ0) is 21.3. The molecule has 1 aliphatic rings. The van der Waals surface area contributed by atoms with Gasteiger partial charge in [-0.25, -0.2) is 0 Å². The van der Waals surface area contributed by atoms with Gasteiger partial charge in [-0.2, -0.15) is 0 Å². The highest BCUT2D eigenvalue weighted by molar-refractivity contribution is 8.01. The van der Waals surface area contributed by atoms with E-state index in [0.29, 0.717) is 6.29 Å². The molecule has 0 aromatic rings. The van der Waals surface area contributed by atoms with Gasteiger partial charge in [-0.1, -0.05) is 13.8 Å². The average molecular weight is 415 g/mol. The minimum absolute atomic E-state index is 0.0484. The zero-order valence-corrected chi connectivity index (χ0v) is 16.6. The number of aldehydes is 1. The molecule has 10 nitrogen and oxygen atoms in total. The molecule has 1 fully saturated rings. The normalized spacial score (nSPS) is 17.5. The first-order chi connectivity index (χ1) is 13.1. The Labute approximate surface area is 166 Å². The Balaban J connectivity index is 2.35. The van der Waals surface area contributed by atoms with Gasteiger partial charge in [0.2, 0.25) is 23.6 Å². The van der Waals surface area contributed by atoms with Crippen LogP contribution in [-0.4, -0.2) is 75.5 Å². The van der Waals surface area contributed by atoms with Gasteiger partial charge in [0.1, 0.15) is 6.29 Å². The fraction of sp³-hybridized carbons (Fsp3) is 0.647. The largest absolute Gasteiger partial charge is 0.481 e. The standard InChI is InChI=1S/C17H25N3O7S/c1-10(2)28-12-7-15(24)20(17(12)27)6-5-13(22)18-8-14(23)19-11(9-21)3-4-16(25)26/h9-12H,3-8H2,1-2H3,(H,18,22)(H,19,23)(H,25,26)/t11-,12?/m0/s1. The molecular formula is C17H25N3O7S. The van der Waals surface area contributed by atoms with Gasteiger partial charge in [0, 0.05) is 25.8 Å². The second-order valence-corrected chi connectivity index (χ2v) is 8.31. The van der Waals surface area contributed by atoms with E-state index in [1.807, 2.05) is 13.8 Å². The maximum atomic E-state index is 12.2. The van der Waals surface area contributed by atoms with Crippen LogP contribution in [0.3, 0.4) is 0 Å². The lowest BCUT2D eigenvalue weighted by Gasteiger charge is -2.16. The summed E-state index contributed by atoms with van der Waals surface area (Å²) in [5, 5.41) is 13.0. The fourth-order valence-electron chi connectivity index (χ4n) is 2.51. The molecule has 3 N–H and O–H groups in total. The van der Waals surface area contributed by atoms with Gasteiger partial charge in [0.15, 0.2) is 0 Å². The topological polar surface area (TPSA) is 150 Å². The van der Waals surface area contributed by atoms with Crippen molar-refractivity contribution in [3.63, 3.8) is 0 Å². The van der Waals surface area contributed by atoms with Crippen molar-refractivity contribution >= 4 is 47.6 Å². The Morgan fingerprint density at radius 1 is 1.25 bits per heavy atom. The van der Waals surface area contributed by atoms with Crippen molar-refractivity contribution in [2.45, 2.75) is 56.1 Å². The molecule has 2 atom stereocenters. The van der Waals surface area contributed by atoms with Gasteiger partial charge >= 0.3 is 5.97 Å². The highest BCUT2D eigenvalue weighted by Gasteiger charge is 2.39. The summed E-state index contributed by atoms with van der Waals surface area (Å²) < 4.78 is 0. The zero-order valence-electron chi connectivity index (χ0n) is 15.8. The van der Waals surface area contributed by atoms with E-state index in [2.05, 4.69) is 10.6 Å². The number of hydrogen-bond donors (Lipinski definition) is 3. The molecule has 1 unspecified atom stereocenters. The second-order valence-electron chi connectivity index (χ2n) is 6.53. The van der Waals surface area contributed by atoms with Crippen LogP contribution in [0, 0.1) is 0 Å². The minimum atomic E-state index is -1.09. The van der Waals surface area contributed by atoms with Gasteiger partial charge < -0.3 is 20.5 Å². The first-order valence-electron chi connectivity index (χ1n) is 8.86. The summed E-state index contributed by atoms with van der Waals surface area (Å²) in [5.41, 5.74) is 0. The van der Waals surface area contributed by atoms with E-state index >= 15 is 0 Å². The van der Waals surface area contributed by atoms with Crippen LogP contribution in [-0.2, 0) is 28.8 Å². The van der Waals surface area contributed by atoms with Crippen molar-refractivity contribution in [1.82, 2.24) is 15.5 Å². The first-order valence-corrected chi connectivity index (χ1v) is 9.81. The number of carboxylic acid groups (broad SMARTS) is 1. The van der Waals surface area contributed by atoms with Gasteiger partial charge in [-0.3, -0.25) is 28.9 Å². The number of carboxylic acids is 1. The Morgan fingerprint density at radius 3 is 2.50 bits per heavy atom. The van der Waals surface area contributed by atoms with Crippen molar-refractivity contribution in [3.05, 3.63) is 0 Å². The molecular weight excluding hydrogens is 390 g/mol. The molecule has 0 spiro atoms. The van der Waals surface area contributed by atoms with E-state index in [-0.39, 0.29) is 49.3 Å². The van der Waals surface area contributed by atoms with Crippen molar-refractivity contribution in [2.75, 3.05) is 13.1 Å². The van der Waals surface area contributed by atoms with Crippen molar-refractivity contribution in [1.29, 1.82) is 0 Å². The molecule has 1 aliphatic heterocycles. The molecule has 1 rings (SSSR count). The third-order valence-electron chi connectivity index (χ3n) is 3.83. The number of imide groups is 1.